The lowest BCUT2D eigenvalue weighted by molar-refractivity contribution is -0.297. The van der Waals surface area contributed by atoms with Gasteiger partial charge in [-0.3, -0.25) is 14.1 Å². The third kappa shape index (κ3) is 31.4. The van der Waals surface area contributed by atoms with Crippen molar-refractivity contribution in [1.29, 1.82) is 0 Å². The average molecular weight is 859 g/mol. The van der Waals surface area contributed by atoms with Gasteiger partial charge in [-0.1, -0.05) is 147 Å². The monoisotopic (exact) mass is 859 g/mol. The minimum Gasteiger partial charge on any atom is -0.462 e. The van der Waals surface area contributed by atoms with Gasteiger partial charge in [-0.05, 0) is 64.2 Å². The van der Waals surface area contributed by atoms with Crippen LogP contribution in [0.15, 0.2) is 36.5 Å². The number of esters is 2. The summed E-state index contributed by atoms with van der Waals surface area (Å²) in [6.45, 7) is 3.70. The van der Waals surface area contributed by atoms with Crippen molar-refractivity contribution in [3.8, 4) is 0 Å². The molecule has 344 valence electrons. The fourth-order valence-corrected chi connectivity index (χ4v) is 7.50. The molecule has 0 aromatic heterocycles. The number of unbranched alkanes of at least 4 members (excludes halogenated alkanes) is 20. The molecule has 0 spiro atoms. The summed E-state index contributed by atoms with van der Waals surface area (Å²) in [4.78, 5) is 25.4. The Bertz CT molecular complexity index is 1240. The molecule has 1 aliphatic heterocycles. The molecule has 0 aliphatic carbocycles. The van der Waals surface area contributed by atoms with E-state index in [0.717, 1.165) is 77.0 Å². The average Bonchev–Trinajstić information content (AvgIpc) is 3.20. The summed E-state index contributed by atoms with van der Waals surface area (Å²) in [5, 5.41) is 30.9. The van der Waals surface area contributed by atoms with E-state index in [2.05, 4.69) is 50.3 Å². The third-order valence-corrected chi connectivity index (χ3v) is 11.2. The fraction of sp³-hybridized carbons (Fsp3) is 0.826. The van der Waals surface area contributed by atoms with E-state index in [4.69, 9.17) is 18.9 Å². The molecule has 1 rings (SSSR count). The van der Waals surface area contributed by atoms with E-state index in [-0.39, 0.29) is 19.4 Å². The van der Waals surface area contributed by atoms with Gasteiger partial charge in [-0.2, -0.15) is 8.42 Å². The van der Waals surface area contributed by atoms with Crippen LogP contribution in [0.4, 0.5) is 0 Å². The number of hydrogen-bond donors (Lipinski definition) is 4. The van der Waals surface area contributed by atoms with Crippen molar-refractivity contribution < 1.29 is 56.8 Å². The second kappa shape index (κ2) is 36.5. The number of carbonyl (C=O) groups excluding carboxylic acids is 2. The Balaban J connectivity index is 2.45. The maximum Gasteiger partial charge on any atom is 0.306 e. The molecule has 1 saturated heterocycles. The van der Waals surface area contributed by atoms with Crippen molar-refractivity contribution in [2.45, 2.75) is 224 Å². The van der Waals surface area contributed by atoms with Gasteiger partial charge >= 0.3 is 11.9 Å². The molecule has 1 heterocycles. The van der Waals surface area contributed by atoms with E-state index in [1.54, 1.807) is 0 Å². The minimum atomic E-state index is -4.60. The standard InChI is InChI=1S/C46H82O12S/c1-3-5-7-9-11-13-15-17-19-20-21-23-25-27-29-31-33-35-42(48)57-39(37-56-46-45(51)44(50)43(49)40(58-46)38-59(52,53)54)36-55-41(47)34-32-30-28-26-24-22-18-16-14-12-10-8-6-4-2/h10,12,16-19,39-40,43-46,49-51H,3-9,11,13-15,20-38H2,1-2H3,(H,52,53,54)/b12-10+,18-16+,19-17+/t39-,40-,43-,44?,45?,46+/m1/s1. The Morgan fingerprint density at radius 2 is 1.03 bits per heavy atom. The van der Waals surface area contributed by atoms with Crippen LogP contribution in [0.25, 0.3) is 0 Å². The van der Waals surface area contributed by atoms with Crippen LogP contribution in [0.1, 0.15) is 187 Å². The highest BCUT2D eigenvalue weighted by molar-refractivity contribution is 7.85. The zero-order valence-corrected chi connectivity index (χ0v) is 37.4. The van der Waals surface area contributed by atoms with Gasteiger partial charge in [0.1, 0.15) is 36.8 Å². The van der Waals surface area contributed by atoms with E-state index < -0.39 is 71.2 Å². The van der Waals surface area contributed by atoms with Crippen LogP contribution in [0, 0.1) is 0 Å². The highest BCUT2D eigenvalue weighted by Crippen LogP contribution is 2.24. The van der Waals surface area contributed by atoms with Gasteiger partial charge in [0.05, 0.1) is 6.61 Å². The summed E-state index contributed by atoms with van der Waals surface area (Å²) in [5.41, 5.74) is 0. The van der Waals surface area contributed by atoms with Crippen LogP contribution >= 0.6 is 0 Å². The van der Waals surface area contributed by atoms with Crippen molar-refractivity contribution in [3.05, 3.63) is 36.5 Å². The lowest BCUT2D eigenvalue weighted by Crippen LogP contribution is -2.60. The van der Waals surface area contributed by atoms with Gasteiger partial charge < -0.3 is 34.3 Å². The summed E-state index contributed by atoms with van der Waals surface area (Å²) in [6, 6.07) is 0. The van der Waals surface area contributed by atoms with Gasteiger partial charge in [0.25, 0.3) is 10.1 Å². The van der Waals surface area contributed by atoms with Crippen LogP contribution in [0.5, 0.6) is 0 Å². The zero-order valence-electron chi connectivity index (χ0n) is 36.6. The number of rotatable bonds is 38. The van der Waals surface area contributed by atoms with Crippen molar-refractivity contribution in [3.63, 3.8) is 0 Å². The van der Waals surface area contributed by atoms with Crippen molar-refractivity contribution in [2.75, 3.05) is 19.0 Å². The Morgan fingerprint density at radius 1 is 0.576 bits per heavy atom. The second-order valence-electron chi connectivity index (χ2n) is 16.1. The smallest absolute Gasteiger partial charge is 0.306 e. The highest BCUT2D eigenvalue weighted by Gasteiger charge is 2.46. The molecule has 13 heteroatoms. The van der Waals surface area contributed by atoms with Gasteiger partial charge in [-0.25, -0.2) is 0 Å². The molecule has 1 aliphatic rings. The molecule has 2 unspecified atom stereocenters. The Morgan fingerprint density at radius 3 is 1.56 bits per heavy atom. The molecule has 0 bridgehead atoms. The van der Waals surface area contributed by atoms with Crippen molar-refractivity contribution in [2.24, 2.45) is 0 Å². The second-order valence-corrected chi connectivity index (χ2v) is 17.6. The first-order chi connectivity index (χ1) is 28.5. The molecule has 4 N–H and O–H groups in total. The number of allylic oxidation sites excluding steroid dienone is 6. The van der Waals surface area contributed by atoms with Gasteiger partial charge in [0, 0.05) is 12.8 Å². The molecule has 0 saturated carbocycles. The van der Waals surface area contributed by atoms with Crippen molar-refractivity contribution in [1.82, 2.24) is 0 Å². The first kappa shape index (κ1) is 54.9. The van der Waals surface area contributed by atoms with Crippen molar-refractivity contribution >= 4 is 22.1 Å². The summed E-state index contributed by atoms with van der Waals surface area (Å²) >= 11 is 0. The van der Waals surface area contributed by atoms with Crippen LogP contribution in [-0.4, -0.2) is 96.0 Å². The Kier molecular flexibility index (Phi) is 34.0. The van der Waals surface area contributed by atoms with Crippen LogP contribution in [0.3, 0.4) is 0 Å². The summed E-state index contributed by atoms with van der Waals surface area (Å²) in [7, 11) is -4.60. The van der Waals surface area contributed by atoms with Crippen LogP contribution in [0.2, 0.25) is 0 Å². The number of aliphatic hydroxyl groups is 3. The van der Waals surface area contributed by atoms with Crippen LogP contribution in [-0.2, 0) is 38.7 Å². The predicted molar refractivity (Wildman–Crippen MR) is 233 cm³/mol. The van der Waals surface area contributed by atoms with Gasteiger partial charge in [-0.15, -0.1) is 0 Å². The zero-order chi connectivity index (χ0) is 43.4. The number of aliphatic hydroxyl groups excluding tert-OH is 3. The van der Waals surface area contributed by atoms with E-state index in [0.29, 0.717) is 12.8 Å². The Hall–Kier alpha value is -2.13. The van der Waals surface area contributed by atoms with Crippen LogP contribution < -0.4 is 0 Å². The number of ether oxygens (including phenoxy) is 4. The normalized spacial score (nSPS) is 20.5. The largest absolute Gasteiger partial charge is 0.462 e. The fourth-order valence-electron chi connectivity index (χ4n) is 6.80. The van der Waals surface area contributed by atoms with E-state index >= 15 is 0 Å². The molecule has 0 aromatic carbocycles. The molecular weight excluding hydrogens is 777 g/mol. The number of carbonyl (C=O) groups is 2. The first-order valence-electron chi connectivity index (χ1n) is 23.0. The summed E-state index contributed by atoms with van der Waals surface area (Å²) in [5.74, 6) is -2.00. The maximum absolute atomic E-state index is 12.8. The molecular formula is C46H82O12S. The molecule has 0 amide bonds. The number of hydrogen-bond acceptors (Lipinski definition) is 11. The molecule has 59 heavy (non-hydrogen) atoms. The molecule has 12 nitrogen and oxygen atoms in total. The topological polar surface area (TPSA) is 186 Å². The molecule has 0 radical (unpaired) electrons. The lowest BCUT2D eigenvalue weighted by atomic mass is 10.00. The van der Waals surface area contributed by atoms with E-state index in [1.807, 2.05) is 0 Å². The van der Waals surface area contributed by atoms with E-state index in [9.17, 15) is 37.9 Å². The highest BCUT2D eigenvalue weighted by atomic mass is 32.2. The lowest BCUT2D eigenvalue weighted by Gasteiger charge is -2.40. The SMILES string of the molecule is CCCC/C=C/C/C=C/CCCCCCCC(=O)OC[C@H](CO[C@H]1O[C@H](CS(=O)(=O)O)[C@@H](O)C(O)C1O)OC(=O)CCCCCCCCC/C=C/CCCCCCCC. The van der Waals surface area contributed by atoms with E-state index in [1.165, 1.54) is 70.6 Å². The third-order valence-electron chi connectivity index (χ3n) is 10.4. The van der Waals surface area contributed by atoms with Gasteiger partial charge in [0.15, 0.2) is 12.4 Å². The quantitative estimate of drug-likeness (QED) is 0.0200. The molecule has 1 fully saturated rings. The summed E-state index contributed by atoms with van der Waals surface area (Å²) in [6.07, 6.45) is 31.8. The van der Waals surface area contributed by atoms with Gasteiger partial charge in [0.2, 0.25) is 0 Å². The minimum absolute atomic E-state index is 0.156. The first-order valence-corrected chi connectivity index (χ1v) is 24.7. The predicted octanol–water partition coefficient (Wildman–Crippen LogP) is 9.39. The Labute approximate surface area is 357 Å². The molecule has 6 atom stereocenters. The summed E-state index contributed by atoms with van der Waals surface area (Å²) < 4.78 is 54.1. The maximum atomic E-state index is 12.8. The molecule has 0 aromatic rings.